The molecule has 4 heteroatoms. The molecule has 2 nitrogen and oxygen atoms in total. The Kier molecular flexibility index (Phi) is 7.36. The van der Waals surface area contributed by atoms with Gasteiger partial charge < -0.3 is 10.2 Å². The molecule has 0 aromatic heterocycles. The van der Waals surface area contributed by atoms with E-state index in [1.807, 2.05) is 6.92 Å². The third kappa shape index (κ3) is 5.04. The second kappa shape index (κ2) is 8.78. The zero-order chi connectivity index (χ0) is 20.4. The Morgan fingerprint density at radius 2 is 1.96 bits per heavy atom. The van der Waals surface area contributed by atoms with Crippen LogP contribution in [0.15, 0.2) is 12.1 Å². The number of phenols is 1. The molecule has 154 valence electrons. The Balaban J connectivity index is 2.54. The molecule has 0 aliphatic heterocycles. The number of unbranched alkanes of at least 4 members (excludes halogenated alkanes) is 2. The number of hydrogen-bond acceptors (Lipinski definition) is 2. The summed E-state index contributed by atoms with van der Waals surface area (Å²) in [6, 6.07) is 3.84. The van der Waals surface area contributed by atoms with E-state index in [0.717, 1.165) is 49.7 Å². The minimum atomic E-state index is -1.42. The summed E-state index contributed by atoms with van der Waals surface area (Å²) in [6.07, 6.45) is 6.00. The van der Waals surface area contributed by atoms with Crippen molar-refractivity contribution >= 4 is 9.24 Å². The number of phenolic OH excluding ortho intramolecular Hbond substituents is 1. The van der Waals surface area contributed by atoms with Gasteiger partial charge in [0.2, 0.25) is 0 Å². The second-order valence-corrected chi connectivity index (χ2v) is 10.3. The molecule has 0 amide bonds. The van der Waals surface area contributed by atoms with E-state index >= 15 is 0 Å². The summed E-state index contributed by atoms with van der Waals surface area (Å²) in [4.78, 5) is 0. The molecule has 5 atom stereocenters. The highest BCUT2D eigenvalue weighted by Gasteiger charge is 2.50. The first-order valence-corrected chi connectivity index (χ1v) is 11.1. The third-order valence-electron chi connectivity index (χ3n) is 6.43. The fraction of sp³-hybridized carbons (Fsp3) is 0.739. The van der Waals surface area contributed by atoms with E-state index in [2.05, 4.69) is 36.1 Å². The average molecular weight is 397 g/mol. The van der Waals surface area contributed by atoms with Crippen LogP contribution in [0, 0.1) is 24.7 Å². The normalized spacial score (nSPS) is 28.3. The standard InChI is InChI=1S/C23H38FO2P/c1-6-7-8-9-17-12-16(4)13-20(25)21(17)23(26)14-18(22(5,24)27)10-11-19(23)15(2)3/h12-13,15,18-19,25-26H,6-11,14,27H2,1-5H3. The lowest BCUT2D eigenvalue weighted by Gasteiger charge is -2.48. The lowest BCUT2D eigenvalue weighted by Crippen LogP contribution is -2.47. The van der Waals surface area contributed by atoms with Crippen molar-refractivity contribution in [1.82, 2.24) is 0 Å². The first-order valence-electron chi connectivity index (χ1n) is 10.5. The topological polar surface area (TPSA) is 40.5 Å². The maximum Gasteiger partial charge on any atom is 0.124 e. The maximum atomic E-state index is 14.8. The van der Waals surface area contributed by atoms with Gasteiger partial charge in [0, 0.05) is 5.56 Å². The second-order valence-electron chi connectivity index (χ2n) is 9.18. The van der Waals surface area contributed by atoms with Crippen molar-refractivity contribution < 1.29 is 14.6 Å². The summed E-state index contributed by atoms with van der Waals surface area (Å²) in [5, 5.41) is 21.4. The van der Waals surface area contributed by atoms with Gasteiger partial charge in [-0.3, -0.25) is 0 Å². The van der Waals surface area contributed by atoms with Crippen molar-refractivity contribution in [2.45, 2.75) is 90.6 Å². The van der Waals surface area contributed by atoms with Gasteiger partial charge in [-0.25, -0.2) is 4.39 Å². The van der Waals surface area contributed by atoms with E-state index in [0.29, 0.717) is 12.0 Å². The van der Waals surface area contributed by atoms with Gasteiger partial charge in [-0.05, 0) is 80.9 Å². The van der Waals surface area contributed by atoms with E-state index < -0.39 is 11.0 Å². The molecule has 0 radical (unpaired) electrons. The molecule has 2 N–H and O–H groups in total. The molecule has 1 aromatic rings. The van der Waals surface area contributed by atoms with Gasteiger partial charge in [-0.1, -0.05) is 48.9 Å². The molecule has 2 rings (SSSR count). The maximum absolute atomic E-state index is 14.8. The number of benzene rings is 1. The number of halogens is 1. The number of hydrogen-bond donors (Lipinski definition) is 2. The van der Waals surface area contributed by atoms with Crippen molar-refractivity contribution in [3.8, 4) is 5.75 Å². The van der Waals surface area contributed by atoms with E-state index in [-0.39, 0.29) is 23.5 Å². The van der Waals surface area contributed by atoms with Crippen LogP contribution in [0.2, 0.25) is 0 Å². The van der Waals surface area contributed by atoms with Gasteiger partial charge in [0.05, 0.1) is 5.60 Å². The number of alkyl halides is 1. The van der Waals surface area contributed by atoms with Crippen LogP contribution in [0.5, 0.6) is 5.75 Å². The lowest BCUT2D eigenvalue weighted by atomic mass is 9.62. The minimum absolute atomic E-state index is 0.0135. The Bertz CT molecular complexity index is 638. The van der Waals surface area contributed by atoms with Gasteiger partial charge in [0.1, 0.15) is 11.2 Å². The molecule has 0 heterocycles. The van der Waals surface area contributed by atoms with Crippen LogP contribution in [0.4, 0.5) is 4.39 Å². The smallest absolute Gasteiger partial charge is 0.124 e. The Morgan fingerprint density at radius 1 is 1.30 bits per heavy atom. The molecule has 0 saturated heterocycles. The molecule has 27 heavy (non-hydrogen) atoms. The largest absolute Gasteiger partial charge is 0.508 e. The zero-order valence-corrected chi connectivity index (χ0v) is 18.8. The van der Waals surface area contributed by atoms with Gasteiger partial charge >= 0.3 is 0 Å². The van der Waals surface area contributed by atoms with Gasteiger partial charge in [0.15, 0.2) is 0 Å². The highest BCUT2D eigenvalue weighted by molar-refractivity contribution is 7.18. The molecule has 5 unspecified atom stereocenters. The van der Waals surface area contributed by atoms with E-state index in [9.17, 15) is 14.6 Å². The fourth-order valence-corrected chi connectivity index (χ4v) is 5.29. The molecule has 1 fully saturated rings. The summed E-state index contributed by atoms with van der Waals surface area (Å²) < 4.78 is 14.8. The lowest BCUT2D eigenvalue weighted by molar-refractivity contribution is -0.103. The van der Waals surface area contributed by atoms with Crippen molar-refractivity contribution in [3.05, 3.63) is 28.8 Å². The van der Waals surface area contributed by atoms with Gasteiger partial charge in [-0.15, -0.1) is 0 Å². The zero-order valence-electron chi connectivity index (χ0n) is 17.7. The van der Waals surface area contributed by atoms with Crippen LogP contribution in [-0.4, -0.2) is 15.6 Å². The Labute approximate surface area is 167 Å². The predicted molar refractivity (Wildman–Crippen MR) is 115 cm³/mol. The molecule has 1 aliphatic rings. The average Bonchev–Trinajstić information content (AvgIpc) is 2.52. The first kappa shape index (κ1) is 22.6. The minimum Gasteiger partial charge on any atom is -0.508 e. The quantitative estimate of drug-likeness (QED) is 0.422. The number of aliphatic hydroxyl groups is 1. The van der Waals surface area contributed by atoms with E-state index in [4.69, 9.17) is 0 Å². The third-order valence-corrected chi connectivity index (χ3v) is 6.90. The molecule has 0 spiro atoms. The van der Waals surface area contributed by atoms with Crippen molar-refractivity contribution in [3.63, 3.8) is 0 Å². The number of aryl methyl sites for hydroxylation is 2. The molecule has 0 bridgehead atoms. The SMILES string of the molecule is CCCCCc1cc(C)cc(O)c1C1(O)CC(C(C)(F)P)CCC1C(C)C. The molecule has 1 saturated carbocycles. The predicted octanol–water partition coefficient (Wildman–Crippen LogP) is 6.25. The van der Waals surface area contributed by atoms with Gasteiger partial charge in [0.25, 0.3) is 0 Å². The van der Waals surface area contributed by atoms with E-state index in [1.165, 1.54) is 0 Å². The van der Waals surface area contributed by atoms with Crippen LogP contribution < -0.4 is 0 Å². The molecular weight excluding hydrogens is 358 g/mol. The number of rotatable bonds is 7. The summed E-state index contributed by atoms with van der Waals surface area (Å²) in [7, 11) is 2.31. The van der Waals surface area contributed by atoms with Crippen LogP contribution in [0.1, 0.15) is 82.9 Å². The van der Waals surface area contributed by atoms with Crippen LogP contribution in [0.25, 0.3) is 0 Å². The summed E-state index contributed by atoms with van der Waals surface area (Å²) >= 11 is 0. The molecule has 1 aromatic carbocycles. The Morgan fingerprint density at radius 3 is 2.52 bits per heavy atom. The Hall–Kier alpha value is -0.660. The van der Waals surface area contributed by atoms with Gasteiger partial charge in [-0.2, -0.15) is 0 Å². The first-order chi connectivity index (χ1) is 12.5. The molecular formula is C23H38FO2P. The van der Waals surface area contributed by atoms with Crippen LogP contribution >= 0.6 is 9.24 Å². The number of aromatic hydroxyl groups is 1. The highest BCUT2D eigenvalue weighted by Crippen LogP contribution is 2.54. The van der Waals surface area contributed by atoms with Crippen LogP contribution in [0.3, 0.4) is 0 Å². The fourth-order valence-electron chi connectivity index (χ4n) is 5.01. The van der Waals surface area contributed by atoms with Crippen molar-refractivity contribution in [2.75, 3.05) is 0 Å². The summed E-state index contributed by atoms with van der Waals surface area (Å²) in [5.41, 5.74) is 1.49. The van der Waals surface area contributed by atoms with Crippen molar-refractivity contribution in [1.29, 1.82) is 0 Å². The summed E-state index contributed by atoms with van der Waals surface area (Å²) in [6.45, 7) is 9.96. The highest BCUT2D eigenvalue weighted by atomic mass is 31.0. The van der Waals surface area contributed by atoms with E-state index in [1.54, 1.807) is 13.0 Å². The summed E-state index contributed by atoms with van der Waals surface area (Å²) in [5.74, 6) is 0.196. The monoisotopic (exact) mass is 396 g/mol. The molecule has 1 aliphatic carbocycles. The van der Waals surface area contributed by atoms with Crippen molar-refractivity contribution in [2.24, 2.45) is 17.8 Å². The van der Waals surface area contributed by atoms with Crippen LogP contribution in [-0.2, 0) is 12.0 Å².